The number of piperidine rings is 1. The van der Waals surface area contributed by atoms with Crippen LogP contribution in [0, 0.1) is 18.3 Å². The molecular formula is C18H19NO2. The maximum absolute atomic E-state index is 10.2. The fraction of sp³-hybridized carbons (Fsp3) is 0.444. The summed E-state index contributed by atoms with van der Waals surface area (Å²) in [6.07, 6.45) is 9.39. The molecule has 1 aromatic rings. The van der Waals surface area contributed by atoms with Gasteiger partial charge in [0.25, 0.3) is 0 Å². The average molecular weight is 281 g/mol. The Morgan fingerprint density at radius 2 is 2.38 bits per heavy atom. The molecule has 4 atom stereocenters. The summed E-state index contributed by atoms with van der Waals surface area (Å²) in [5.74, 6) is 3.89. The van der Waals surface area contributed by atoms with Crippen LogP contribution in [0.1, 0.15) is 17.5 Å². The zero-order valence-electron chi connectivity index (χ0n) is 12.2. The van der Waals surface area contributed by atoms with Gasteiger partial charge >= 0.3 is 0 Å². The van der Waals surface area contributed by atoms with Crippen LogP contribution in [-0.2, 0) is 11.8 Å². The molecule has 1 fully saturated rings. The molecule has 108 valence electrons. The molecule has 4 unspecified atom stereocenters. The highest BCUT2D eigenvalue weighted by atomic mass is 16.5. The van der Waals surface area contributed by atoms with Gasteiger partial charge in [0.1, 0.15) is 0 Å². The van der Waals surface area contributed by atoms with Crippen molar-refractivity contribution in [3.63, 3.8) is 0 Å². The number of fused-ring (bicyclic) bond motifs is 1. The molecule has 1 aliphatic carbocycles. The van der Waals surface area contributed by atoms with Crippen LogP contribution in [0.4, 0.5) is 0 Å². The first kappa shape index (κ1) is 12.8. The number of ether oxygens (including phenoxy) is 1. The van der Waals surface area contributed by atoms with Crippen molar-refractivity contribution in [2.24, 2.45) is 5.92 Å². The number of phenols is 1. The van der Waals surface area contributed by atoms with Crippen molar-refractivity contribution >= 4 is 0 Å². The highest BCUT2D eigenvalue weighted by Crippen LogP contribution is 2.60. The summed E-state index contributed by atoms with van der Waals surface area (Å²) in [7, 11) is 2.17. The minimum Gasteiger partial charge on any atom is -0.504 e. The third-order valence-corrected chi connectivity index (χ3v) is 5.68. The summed E-state index contributed by atoms with van der Waals surface area (Å²) in [5.41, 5.74) is 2.17. The predicted molar refractivity (Wildman–Crippen MR) is 81.5 cm³/mol. The number of likely N-dealkylation sites (tertiary alicyclic amines) is 1. The van der Waals surface area contributed by atoms with E-state index < -0.39 is 0 Å². The third-order valence-electron chi connectivity index (χ3n) is 5.68. The summed E-state index contributed by atoms with van der Waals surface area (Å²) >= 11 is 0. The van der Waals surface area contributed by atoms with Gasteiger partial charge in [0.2, 0.25) is 0 Å². The fourth-order valence-corrected chi connectivity index (χ4v) is 4.73. The lowest BCUT2D eigenvalue weighted by molar-refractivity contribution is 0.0269. The molecule has 0 amide bonds. The largest absolute Gasteiger partial charge is 0.504 e. The van der Waals surface area contributed by atoms with Crippen molar-refractivity contribution in [1.82, 2.24) is 4.90 Å². The molecule has 1 saturated heterocycles. The minimum atomic E-state index is -0.320. The molecule has 0 saturated carbocycles. The van der Waals surface area contributed by atoms with Crippen LogP contribution >= 0.6 is 0 Å². The van der Waals surface area contributed by atoms with E-state index in [0.717, 1.165) is 24.9 Å². The summed E-state index contributed by atoms with van der Waals surface area (Å²) in [6.45, 7) is 5.06. The van der Waals surface area contributed by atoms with E-state index in [0.29, 0.717) is 11.8 Å². The normalized spacial score (nSPS) is 36.5. The van der Waals surface area contributed by atoms with Crippen LogP contribution in [0.2, 0.25) is 0 Å². The lowest BCUT2D eigenvalue weighted by Crippen LogP contribution is -2.61. The van der Waals surface area contributed by atoms with Gasteiger partial charge in [0.15, 0.2) is 17.6 Å². The highest BCUT2D eigenvalue weighted by molar-refractivity contribution is 5.61. The minimum absolute atomic E-state index is 0.200. The van der Waals surface area contributed by atoms with Crippen molar-refractivity contribution < 1.29 is 9.84 Å². The molecule has 2 aliphatic heterocycles. The van der Waals surface area contributed by atoms with Crippen molar-refractivity contribution in [2.45, 2.75) is 30.4 Å². The van der Waals surface area contributed by atoms with Gasteiger partial charge in [-0.05, 0) is 38.1 Å². The van der Waals surface area contributed by atoms with Gasteiger partial charge in [-0.1, -0.05) is 18.1 Å². The first-order valence-corrected chi connectivity index (χ1v) is 7.44. The SMILES string of the molecule is C#CC1Oc2c(O)ccc3c2C12CCN(C)C(C3)C2C=C. The van der Waals surface area contributed by atoms with E-state index in [1.807, 2.05) is 12.1 Å². The quantitative estimate of drug-likeness (QED) is 0.632. The number of aromatic hydroxyl groups is 1. The van der Waals surface area contributed by atoms with Crippen LogP contribution in [-0.4, -0.2) is 35.7 Å². The Labute approximate surface area is 125 Å². The van der Waals surface area contributed by atoms with Crippen LogP contribution in [0.25, 0.3) is 0 Å². The van der Waals surface area contributed by atoms with Crippen molar-refractivity contribution in [3.05, 3.63) is 35.9 Å². The molecule has 0 radical (unpaired) electrons. The number of benzene rings is 1. The maximum atomic E-state index is 10.2. The van der Waals surface area contributed by atoms with E-state index in [4.69, 9.17) is 11.2 Å². The number of likely N-dealkylation sites (N-methyl/N-ethyl adjacent to an activating group) is 1. The summed E-state index contributed by atoms with van der Waals surface area (Å²) in [4.78, 5) is 2.40. The summed E-state index contributed by atoms with van der Waals surface area (Å²) < 4.78 is 6.00. The zero-order valence-corrected chi connectivity index (χ0v) is 12.2. The first-order valence-electron chi connectivity index (χ1n) is 7.44. The van der Waals surface area contributed by atoms with E-state index in [1.54, 1.807) is 6.07 Å². The Bertz CT molecular complexity index is 675. The smallest absolute Gasteiger partial charge is 0.169 e. The standard InChI is InChI=1S/C18H19NO2/c1-4-12-13-10-11-6-7-14(20)17-16(11)18(12,8-9-19(13)3)15(5-2)21-17/h2,4,6-7,12-13,15,20H,1,8-10H2,3H3. The van der Waals surface area contributed by atoms with Gasteiger partial charge in [-0.15, -0.1) is 13.0 Å². The van der Waals surface area contributed by atoms with E-state index in [-0.39, 0.29) is 23.2 Å². The van der Waals surface area contributed by atoms with Gasteiger partial charge < -0.3 is 14.7 Å². The van der Waals surface area contributed by atoms with Crippen molar-refractivity contribution in [3.8, 4) is 23.8 Å². The van der Waals surface area contributed by atoms with Crippen LogP contribution in [0.15, 0.2) is 24.8 Å². The molecule has 4 rings (SSSR count). The molecule has 2 bridgehead atoms. The molecule has 3 nitrogen and oxygen atoms in total. The van der Waals surface area contributed by atoms with Crippen LogP contribution < -0.4 is 4.74 Å². The van der Waals surface area contributed by atoms with E-state index in [1.165, 1.54) is 5.56 Å². The van der Waals surface area contributed by atoms with E-state index >= 15 is 0 Å². The van der Waals surface area contributed by atoms with Gasteiger partial charge in [0, 0.05) is 17.5 Å². The topological polar surface area (TPSA) is 32.7 Å². The molecule has 2 heterocycles. The fourth-order valence-electron chi connectivity index (χ4n) is 4.73. The highest BCUT2D eigenvalue weighted by Gasteiger charge is 2.61. The van der Waals surface area contributed by atoms with E-state index in [9.17, 15) is 5.11 Å². The Balaban J connectivity index is 2.04. The Hall–Kier alpha value is -1.92. The Kier molecular flexibility index (Phi) is 2.47. The molecular weight excluding hydrogens is 262 g/mol. The van der Waals surface area contributed by atoms with Gasteiger partial charge in [-0.2, -0.15) is 0 Å². The lowest BCUT2D eigenvalue weighted by atomic mass is 9.56. The summed E-state index contributed by atoms with van der Waals surface area (Å²) in [5, 5.41) is 10.2. The molecule has 1 aromatic carbocycles. The maximum Gasteiger partial charge on any atom is 0.169 e. The molecule has 3 aliphatic rings. The Morgan fingerprint density at radius 1 is 1.57 bits per heavy atom. The van der Waals surface area contributed by atoms with Crippen molar-refractivity contribution in [1.29, 1.82) is 0 Å². The second-order valence-electron chi connectivity index (χ2n) is 6.42. The number of phenolic OH excluding ortho intramolecular Hbond substituents is 1. The number of hydrogen-bond donors (Lipinski definition) is 1. The lowest BCUT2D eigenvalue weighted by Gasteiger charge is -2.53. The van der Waals surface area contributed by atoms with E-state index in [2.05, 4.69) is 24.4 Å². The van der Waals surface area contributed by atoms with Crippen LogP contribution in [0.5, 0.6) is 11.5 Å². The van der Waals surface area contributed by atoms with Crippen molar-refractivity contribution in [2.75, 3.05) is 13.6 Å². The molecule has 21 heavy (non-hydrogen) atoms. The number of rotatable bonds is 1. The molecule has 1 spiro atoms. The number of nitrogens with zero attached hydrogens (tertiary/aromatic N) is 1. The number of terminal acetylenes is 1. The van der Waals surface area contributed by atoms with Gasteiger partial charge in [0.05, 0.1) is 5.41 Å². The number of hydrogen-bond acceptors (Lipinski definition) is 3. The van der Waals surface area contributed by atoms with Gasteiger partial charge in [-0.25, -0.2) is 0 Å². The second kappa shape index (κ2) is 4.05. The average Bonchev–Trinajstić information content (AvgIpc) is 2.83. The second-order valence-corrected chi connectivity index (χ2v) is 6.42. The first-order chi connectivity index (χ1) is 10.1. The molecule has 0 aromatic heterocycles. The van der Waals surface area contributed by atoms with Gasteiger partial charge in [-0.3, -0.25) is 0 Å². The molecule has 1 N–H and O–H groups in total. The summed E-state index contributed by atoms with van der Waals surface area (Å²) in [6, 6.07) is 4.15. The molecule has 3 heteroatoms. The predicted octanol–water partition coefficient (Wildman–Crippen LogP) is 2.09. The monoisotopic (exact) mass is 281 g/mol. The zero-order chi connectivity index (χ0) is 14.8. The Morgan fingerprint density at radius 3 is 3.10 bits per heavy atom. The van der Waals surface area contributed by atoms with Crippen LogP contribution in [0.3, 0.4) is 0 Å². The third kappa shape index (κ3) is 1.34.